The molecule has 1 aromatic heterocycles. The quantitative estimate of drug-likeness (QED) is 0.830. The first kappa shape index (κ1) is 18.3. The lowest BCUT2D eigenvalue weighted by atomic mass is 10.2. The Morgan fingerprint density at radius 3 is 2.28 bits per heavy atom. The van der Waals surface area contributed by atoms with E-state index in [1.807, 2.05) is 48.0 Å². The molecular weight excluding hydrogens is 322 g/mol. The van der Waals surface area contributed by atoms with Gasteiger partial charge in [0.25, 0.3) is 5.91 Å². The molecule has 1 heterocycles. The topological polar surface area (TPSA) is 103 Å². The third kappa shape index (κ3) is 4.06. The van der Waals surface area contributed by atoms with Crippen molar-refractivity contribution in [3.63, 3.8) is 0 Å². The third-order valence-corrected chi connectivity index (χ3v) is 3.84. The zero-order valence-electron chi connectivity index (χ0n) is 14.6. The lowest BCUT2D eigenvalue weighted by Gasteiger charge is -2.13. The van der Waals surface area contributed by atoms with Crippen molar-refractivity contribution in [1.29, 1.82) is 0 Å². The maximum absolute atomic E-state index is 12.4. The number of aryl methyl sites for hydroxylation is 2. The van der Waals surface area contributed by atoms with Gasteiger partial charge >= 0.3 is 12.0 Å². The minimum Gasteiger partial charge on any atom is -0.449 e. The van der Waals surface area contributed by atoms with Gasteiger partial charge in [-0.05, 0) is 45.9 Å². The van der Waals surface area contributed by atoms with Crippen molar-refractivity contribution in [2.24, 2.45) is 5.73 Å². The Balaban J connectivity index is 2.24. The van der Waals surface area contributed by atoms with E-state index in [0.717, 1.165) is 16.9 Å². The van der Waals surface area contributed by atoms with Gasteiger partial charge in [-0.15, -0.1) is 0 Å². The normalized spacial score (nSPS) is 11.7. The molecule has 0 aliphatic rings. The maximum atomic E-state index is 12.4. The summed E-state index contributed by atoms with van der Waals surface area (Å²) in [5, 5.41) is 1.88. The van der Waals surface area contributed by atoms with Crippen LogP contribution in [0.4, 0.5) is 4.79 Å². The summed E-state index contributed by atoms with van der Waals surface area (Å²) in [6.07, 6.45) is -1.14. The zero-order chi connectivity index (χ0) is 18.7. The third-order valence-electron chi connectivity index (χ3n) is 3.84. The Bertz CT molecular complexity index is 822. The Morgan fingerprint density at radius 2 is 1.72 bits per heavy atom. The van der Waals surface area contributed by atoms with E-state index < -0.39 is 24.0 Å². The first-order valence-corrected chi connectivity index (χ1v) is 7.78. The van der Waals surface area contributed by atoms with Crippen LogP contribution in [0.2, 0.25) is 0 Å². The van der Waals surface area contributed by atoms with Crippen molar-refractivity contribution in [2.75, 3.05) is 0 Å². The summed E-state index contributed by atoms with van der Waals surface area (Å²) in [5.41, 5.74) is 8.87. The van der Waals surface area contributed by atoms with Crippen LogP contribution in [0.25, 0.3) is 5.69 Å². The van der Waals surface area contributed by atoms with Gasteiger partial charge in [-0.2, -0.15) is 0 Å². The molecule has 1 atom stereocenters. The largest absolute Gasteiger partial charge is 0.449 e. The molecule has 25 heavy (non-hydrogen) atoms. The van der Waals surface area contributed by atoms with Crippen molar-refractivity contribution in [3.05, 3.63) is 52.8 Å². The number of primary amides is 1. The molecule has 3 amide bonds. The summed E-state index contributed by atoms with van der Waals surface area (Å²) in [6.45, 7) is 7.06. The van der Waals surface area contributed by atoms with Gasteiger partial charge in [-0.1, -0.05) is 17.7 Å². The van der Waals surface area contributed by atoms with Gasteiger partial charge in [0.1, 0.15) is 0 Å². The van der Waals surface area contributed by atoms with Gasteiger partial charge in [-0.3, -0.25) is 10.1 Å². The summed E-state index contributed by atoms with van der Waals surface area (Å²) < 4.78 is 7.07. The summed E-state index contributed by atoms with van der Waals surface area (Å²) in [4.78, 5) is 34.7. The number of urea groups is 1. The number of nitrogens with two attached hydrogens (primary N) is 1. The maximum Gasteiger partial charge on any atom is 0.340 e. The second kappa shape index (κ2) is 7.21. The summed E-state index contributed by atoms with van der Waals surface area (Å²) in [7, 11) is 0. The number of hydrogen-bond acceptors (Lipinski definition) is 4. The molecule has 1 aromatic carbocycles. The summed E-state index contributed by atoms with van der Waals surface area (Å²) in [5.74, 6) is -1.41. The van der Waals surface area contributed by atoms with Crippen molar-refractivity contribution in [3.8, 4) is 5.69 Å². The highest BCUT2D eigenvalue weighted by Crippen LogP contribution is 2.22. The average Bonchev–Trinajstić information content (AvgIpc) is 2.82. The standard InChI is InChI=1S/C18H21N3O4/c1-10-5-7-14(8-6-10)21-11(2)9-15(12(21)3)17(23)25-13(4)16(22)20-18(19)24/h5-9,13H,1-4H3,(H3,19,20,22,24)/t13-/m1/s1. The molecule has 2 rings (SSSR count). The molecule has 0 bridgehead atoms. The molecule has 0 aliphatic heterocycles. The summed E-state index contributed by atoms with van der Waals surface area (Å²) in [6, 6.07) is 8.62. The number of nitrogens with one attached hydrogen (secondary N) is 1. The van der Waals surface area contributed by atoms with Crippen LogP contribution < -0.4 is 11.1 Å². The van der Waals surface area contributed by atoms with E-state index in [1.165, 1.54) is 6.92 Å². The van der Waals surface area contributed by atoms with E-state index in [9.17, 15) is 14.4 Å². The molecule has 7 heteroatoms. The molecule has 2 aromatic rings. The number of carbonyl (C=O) groups excluding carboxylic acids is 3. The highest BCUT2D eigenvalue weighted by Gasteiger charge is 2.23. The SMILES string of the molecule is Cc1ccc(-n2c(C)cc(C(=O)O[C@H](C)C(=O)NC(N)=O)c2C)cc1. The lowest BCUT2D eigenvalue weighted by molar-refractivity contribution is -0.127. The second-order valence-electron chi connectivity index (χ2n) is 5.86. The van der Waals surface area contributed by atoms with E-state index in [1.54, 1.807) is 13.0 Å². The molecule has 7 nitrogen and oxygen atoms in total. The fourth-order valence-corrected chi connectivity index (χ4v) is 2.56. The number of carbonyl (C=O) groups is 3. The van der Waals surface area contributed by atoms with Crippen LogP contribution >= 0.6 is 0 Å². The minimum absolute atomic E-state index is 0.358. The van der Waals surface area contributed by atoms with Gasteiger partial charge in [0, 0.05) is 17.1 Å². The molecular formula is C18H21N3O4. The van der Waals surface area contributed by atoms with Crippen molar-refractivity contribution in [2.45, 2.75) is 33.8 Å². The molecule has 132 valence electrons. The van der Waals surface area contributed by atoms with E-state index in [-0.39, 0.29) is 0 Å². The molecule has 0 unspecified atom stereocenters. The van der Waals surface area contributed by atoms with E-state index in [0.29, 0.717) is 11.3 Å². The van der Waals surface area contributed by atoms with Crippen molar-refractivity contribution in [1.82, 2.24) is 9.88 Å². The molecule has 0 fully saturated rings. The molecule has 0 saturated heterocycles. The number of hydrogen-bond donors (Lipinski definition) is 2. The van der Waals surface area contributed by atoms with Crippen LogP contribution in [0.15, 0.2) is 30.3 Å². The smallest absolute Gasteiger partial charge is 0.340 e. The van der Waals surface area contributed by atoms with Crippen molar-refractivity contribution < 1.29 is 19.1 Å². The Hall–Kier alpha value is -3.09. The van der Waals surface area contributed by atoms with Gasteiger partial charge in [0.05, 0.1) is 5.56 Å². The Labute approximate surface area is 145 Å². The number of aromatic nitrogens is 1. The fourth-order valence-electron chi connectivity index (χ4n) is 2.56. The molecule has 0 aliphatic carbocycles. The summed E-state index contributed by atoms with van der Waals surface area (Å²) >= 11 is 0. The number of nitrogens with zero attached hydrogens (tertiary/aromatic N) is 1. The van der Waals surface area contributed by atoms with E-state index in [2.05, 4.69) is 0 Å². The average molecular weight is 343 g/mol. The second-order valence-corrected chi connectivity index (χ2v) is 5.86. The molecule has 0 spiro atoms. The van der Waals surface area contributed by atoms with Crippen LogP contribution in [0.1, 0.15) is 34.2 Å². The van der Waals surface area contributed by atoms with Crippen LogP contribution in [0.3, 0.4) is 0 Å². The van der Waals surface area contributed by atoms with Crippen LogP contribution in [-0.2, 0) is 9.53 Å². The molecule has 3 N–H and O–H groups in total. The Morgan fingerprint density at radius 1 is 1.12 bits per heavy atom. The lowest BCUT2D eigenvalue weighted by Crippen LogP contribution is -2.42. The van der Waals surface area contributed by atoms with Gasteiger partial charge in [0.15, 0.2) is 6.10 Å². The number of imide groups is 1. The predicted molar refractivity (Wildman–Crippen MR) is 92.6 cm³/mol. The van der Waals surface area contributed by atoms with Crippen LogP contribution in [-0.4, -0.2) is 28.6 Å². The molecule has 0 radical (unpaired) electrons. The van der Waals surface area contributed by atoms with E-state index >= 15 is 0 Å². The fraction of sp³-hybridized carbons (Fsp3) is 0.278. The monoisotopic (exact) mass is 343 g/mol. The number of esters is 1. The van der Waals surface area contributed by atoms with Gasteiger partial charge in [0.2, 0.25) is 0 Å². The highest BCUT2D eigenvalue weighted by atomic mass is 16.5. The van der Waals surface area contributed by atoms with Crippen LogP contribution in [0.5, 0.6) is 0 Å². The number of rotatable bonds is 4. The number of benzene rings is 1. The number of amides is 3. The first-order valence-electron chi connectivity index (χ1n) is 7.78. The van der Waals surface area contributed by atoms with E-state index in [4.69, 9.17) is 10.5 Å². The van der Waals surface area contributed by atoms with Gasteiger partial charge in [-0.25, -0.2) is 9.59 Å². The predicted octanol–water partition coefficient (Wildman–Crippen LogP) is 2.14. The zero-order valence-corrected chi connectivity index (χ0v) is 14.6. The van der Waals surface area contributed by atoms with Crippen LogP contribution in [0, 0.1) is 20.8 Å². The first-order chi connectivity index (χ1) is 11.7. The Kier molecular flexibility index (Phi) is 5.26. The van der Waals surface area contributed by atoms with Gasteiger partial charge < -0.3 is 15.0 Å². The molecule has 0 saturated carbocycles. The van der Waals surface area contributed by atoms with Crippen molar-refractivity contribution >= 4 is 17.9 Å². The number of ether oxygens (including phenoxy) is 1. The highest BCUT2D eigenvalue weighted by molar-refractivity contribution is 5.98. The minimum atomic E-state index is -1.14.